The molecule has 1 aliphatic rings. The molecule has 0 N–H and O–H groups in total. The van der Waals surface area contributed by atoms with Gasteiger partial charge in [-0.1, -0.05) is 39.0 Å². The van der Waals surface area contributed by atoms with E-state index in [0.717, 1.165) is 30.0 Å². The molecule has 0 saturated carbocycles. The molecule has 0 radical (unpaired) electrons. The van der Waals surface area contributed by atoms with Crippen LogP contribution in [0.3, 0.4) is 0 Å². The predicted octanol–water partition coefficient (Wildman–Crippen LogP) is 4.08. The number of aryl methyl sites for hydroxylation is 2. The minimum atomic E-state index is -3.55. The van der Waals surface area contributed by atoms with Crippen LogP contribution >= 0.6 is 0 Å². The highest BCUT2D eigenvalue weighted by Crippen LogP contribution is 2.35. The standard InChI is InChI=1S/C25H32N4O3S/c1-5-28(6-2)33(31,32)19-11-12-23-21(17-19)26-24(27(23)4)13-14-25(30)29-16-15-18(3)20-9-7-8-10-22(20)29/h7-12,17-18H,5-6,13-16H2,1-4H3. The lowest BCUT2D eigenvalue weighted by molar-refractivity contribution is -0.118. The largest absolute Gasteiger partial charge is 0.331 e. The molecule has 0 bridgehead atoms. The van der Waals surface area contributed by atoms with E-state index in [1.54, 1.807) is 18.2 Å². The lowest BCUT2D eigenvalue weighted by Gasteiger charge is -2.33. The first-order chi connectivity index (χ1) is 15.8. The number of imidazole rings is 1. The van der Waals surface area contributed by atoms with Crippen molar-refractivity contribution in [2.45, 2.75) is 50.8 Å². The molecule has 176 valence electrons. The molecule has 1 aliphatic heterocycles. The molecular formula is C25H32N4O3S. The average Bonchev–Trinajstić information content (AvgIpc) is 3.13. The van der Waals surface area contributed by atoms with Crippen molar-refractivity contribution in [1.82, 2.24) is 13.9 Å². The molecule has 33 heavy (non-hydrogen) atoms. The molecule has 0 fully saturated rings. The number of nitrogens with zero attached hydrogens (tertiary/aromatic N) is 4. The first kappa shape index (κ1) is 23.4. The van der Waals surface area contributed by atoms with Crippen LogP contribution in [0.1, 0.15) is 50.9 Å². The zero-order valence-electron chi connectivity index (χ0n) is 19.8. The Kier molecular flexibility index (Phi) is 6.59. The van der Waals surface area contributed by atoms with Gasteiger partial charge < -0.3 is 9.47 Å². The normalized spacial score (nSPS) is 16.4. The SMILES string of the molecule is CCN(CC)S(=O)(=O)c1ccc2c(c1)nc(CCC(=O)N1CCC(C)c3ccccc31)n2C. The van der Waals surface area contributed by atoms with E-state index >= 15 is 0 Å². The summed E-state index contributed by atoms with van der Waals surface area (Å²) < 4.78 is 29.2. The summed E-state index contributed by atoms with van der Waals surface area (Å²) in [6.07, 6.45) is 1.81. The molecule has 0 aliphatic carbocycles. The fourth-order valence-corrected chi connectivity index (χ4v) is 6.17. The van der Waals surface area contributed by atoms with Crippen molar-refractivity contribution in [2.75, 3.05) is 24.5 Å². The Labute approximate surface area is 196 Å². The van der Waals surface area contributed by atoms with Gasteiger partial charge in [0.15, 0.2) is 0 Å². The molecule has 0 saturated heterocycles. The number of para-hydroxylation sites is 1. The van der Waals surface area contributed by atoms with Crippen LogP contribution in [0.25, 0.3) is 11.0 Å². The number of rotatable bonds is 7. The van der Waals surface area contributed by atoms with Crippen LogP contribution in [-0.2, 0) is 28.3 Å². The average molecular weight is 469 g/mol. The number of benzene rings is 2. The lowest BCUT2D eigenvalue weighted by Crippen LogP contribution is -2.36. The van der Waals surface area contributed by atoms with Crippen LogP contribution in [-0.4, -0.2) is 47.8 Å². The van der Waals surface area contributed by atoms with Gasteiger partial charge in [0.1, 0.15) is 5.82 Å². The summed E-state index contributed by atoms with van der Waals surface area (Å²) in [7, 11) is -1.64. The van der Waals surface area contributed by atoms with Crippen LogP contribution in [0.2, 0.25) is 0 Å². The number of carbonyl (C=O) groups is 1. The van der Waals surface area contributed by atoms with Gasteiger partial charge >= 0.3 is 0 Å². The smallest absolute Gasteiger partial charge is 0.243 e. The third kappa shape index (κ3) is 4.29. The fraction of sp³-hybridized carbons (Fsp3) is 0.440. The number of anilines is 1. The van der Waals surface area contributed by atoms with Crippen LogP contribution in [0.15, 0.2) is 47.4 Å². The molecule has 7 nitrogen and oxygen atoms in total. The minimum absolute atomic E-state index is 0.0891. The summed E-state index contributed by atoms with van der Waals surface area (Å²) >= 11 is 0. The third-order valence-corrected chi connectivity index (χ3v) is 8.74. The quantitative estimate of drug-likeness (QED) is 0.524. The molecular weight excluding hydrogens is 436 g/mol. The molecule has 1 unspecified atom stereocenters. The molecule has 4 rings (SSSR count). The second kappa shape index (κ2) is 9.27. The monoisotopic (exact) mass is 468 g/mol. The van der Waals surface area contributed by atoms with Gasteiger partial charge in [-0.3, -0.25) is 4.79 Å². The van der Waals surface area contributed by atoms with Gasteiger partial charge in [-0.25, -0.2) is 13.4 Å². The zero-order chi connectivity index (χ0) is 23.8. The first-order valence-electron chi connectivity index (χ1n) is 11.6. The van der Waals surface area contributed by atoms with Gasteiger partial charge in [0, 0.05) is 45.2 Å². The fourth-order valence-electron chi connectivity index (χ4n) is 4.69. The van der Waals surface area contributed by atoms with E-state index in [1.807, 2.05) is 48.6 Å². The number of amides is 1. The molecule has 2 aromatic carbocycles. The van der Waals surface area contributed by atoms with Crippen molar-refractivity contribution < 1.29 is 13.2 Å². The summed E-state index contributed by atoms with van der Waals surface area (Å²) in [4.78, 5) is 19.9. The van der Waals surface area contributed by atoms with Crippen molar-refractivity contribution in [3.8, 4) is 0 Å². The van der Waals surface area contributed by atoms with Crippen molar-refractivity contribution in [3.05, 3.63) is 53.9 Å². The summed E-state index contributed by atoms with van der Waals surface area (Å²) in [6, 6.07) is 13.2. The Morgan fingerprint density at radius 3 is 2.61 bits per heavy atom. The Bertz CT molecular complexity index is 1280. The topological polar surface area (TPSA) is 75.5 Å². The van der Waals surface area contributed by atoms with Gasteiger partial charge in [0.05, 0.1) is 15.9 Å². The molecule has 2 heterocycles. The molecule has 8 heteroatoms. The van der Waals surface area contributed by atoms with Crippen molar-refractivity contribution in [3.63, 3.8) is 0 Å². The van der Waals surface area contributed by atoms with Crippen LogP contribution in [0.4, 0.5) is 5.69 Å². The van der Waals surface area contributed by atoms with Crippen LogP contribution in [0.5, 0.6) is 0 Å². The van der Waals surface area contributed by atoms with E-state index in [0.29, 0.717) is 37.4 Å². The minimum Gasteiger partial charge on any atom is -0.331 e. The van der Waals surface area contributed by atoms with Crippen molar-refractivity contribution in [1.29, 1.82) is 0 Å². The molecule has 1 atom stereocenters. The Morgan fingerprint density at radius 1 is 1.15 bits per heavy atom. The third-order valence-electron chi connectivity index (χ3n) is 6.70. The van der Waals surface area contributed by atoms with E-state index in [1.165, 1.54) is 9.87 Å². The van der Waals surface area contributed by atoms with Crippen LogP contribution < -0.4 is 4.90 Å². The number of sulfonamides is 1. The first-order valence-corrected chi connectivity index (χ1v) is 13.1. The highest BCUT2D eigenvalue weighted by molar-refractivity contribution is 7.89. The maximum Gasteiger partial charge on any atom is 0.243 e. The summed E-state index contributed by atoms with van der Waals surface area (Å²) in [6.45, 7) is 7.43. The van der Waals surface area contributed by atoms with E-state index in [4.69, 9.17) is 0 Å². The second-order valence-electron chi connectivity index (χ2n) is 8.62. The number of fused-ring (bicyclic) bond motifs is 2. The van der Waals surface area contributed by atoms with Crippen molar-refractivity contribution >= 4 is 32.7 Å². The molecule has 0 spiro atoms. The van der Waals surface area contributed by atoms with E-state index in [2.05, 4.69) is 18.0 Å². The van der Waals surface area contributed by atoms with E-state index in [9.17, 15) is 13.2 Å². The van der Waals surface area contributed by atoms with E-state index in [-0.39, 0.29) is 10.8 Å². The Morgan fingerprint density at radius 2 is 1.88 bits per heavy atom. The van der Waals surface area contributed by atoms with Crippen LogP contribution in [0, 0.1) is 0 Å². The number of hydrogen-bond donors (Lipinski definition) is 0. The highest BCUT2D eigenvalue weighted by Gasteiger charge is 2.26. The Balaban J connectivity index is 1.55. The van der Waals surface area contributed by atoms with Gasteiger partial charge in [0.2, 0.25) is 15.9 Å². The van der Waals surface area contributed by atoms with Gasteiger partial charge in [-0.15, -0.1) is 0 Å². The zero-order valence-corrected chi connectivity index (χ0v) is 20.6. The van der Waals surface area contributed by atoms with Gasteiger partial charge in [0.25, 0.3) is 0 Å². The predicted molar refractivity (Wildman–Crippen MR) is 131 cm³/mol. The Hall–Kier alpha value is -2.71. The summed E-state index contributed by atoms with van der Waals surface area (Å²) in [5.41, 5.74) is 3.72. The number of aromatic nitrogens is 2. The summed E-state index contributed by atoms with van der Waals surface area (Å²) in [5.74, 6) is 1.31. The summed E-state index contributed by atoms with van der Waals surface area (Å²) in [5, 5.41) is 0. The van der Waals surface area contributed by atoms with E-state index < -0.39 is 10.0 Å². The van der Waals surface area contributed by atoms with Gasteiger partial charge in [-0.05, 0) is 42.2 Å². The molecule has 1 aromatic heterocycles. The maximum absolute atomic E-state index is 13.1. The molecule has 3 aromatic rings. The second-order valence-corrected chi connectivity index (χ2v) is 10.6. The lowest BCUT2D eigenvalue weighted by atomic mass is 9.91. The number of carbonyl (C=O) groups excluding carboxylic acids is 1. The highest BCUT2D eigenvalue weighted by atomic mass is 32.2. The number of hydrogen-bond acceptors (Lipinski definition) is 4. The maximum atomic E-state index is 13.1. The van der Waals surface area contributed by atoms with Gasteiger partial charge in [-0.2, -0.15) is 4.31 Å². The molecule has 1 amide bonds. The van der Waals surface area contributed by atoms with Crippen molar-refractivity contribution in [2.24, 2.45) is 7.05 Å².